The first-order chi connectivity index (χ1) is 13.6. The Balaban J connectivity index is 1.33. The Labute approximate surface area is 168 Å². The Morgan fingerprint density at radius 2 is 1.89 bits per heavy atom. The van der Waals surface area contributed by atoms with Gasteiger partial charge in [0.15, 0.2) is 5.69 Å². The molecule has 146 valence electrons. The first-order valence-electron chi connectivity index (χ1n) is 9.39. The topological polar surface area (TPSA) is 61.5 Å². The van der Waals surface area contributed by atoms with E-state index in [2.05, 4.69) is 46.3 Å². The molecule has 0 bridgehead atoms. The molecule has 2 aromatic heterocycles. The van der Waals surface area contributed by atoms with Gasteiger partial charge in [-0.15, -0.1) is 11.3 Å². The van der Waals surface area contributed by atoms with Gasteiger partial charge in [-0.25, -0.2) is 0 Å². The quantitative estimate of drug-likeness (QED) is 0.718. The molecule has 1 aromatic carbocycles. The van der Waals surface area contributed by atoms with Crippen LogP contribution in [0.5, 0.6) is 5.75 Å². The number of methoxy groups -OCH3 is 1. The summed E-state index contributed by atoms with van der Waals surface area (Å²) in [5, 5.41) is 7.24. The zero-order valence-corrected chi connectivity index (χ0v) is 17.0. The summed E-state index contributed by atoms with van der Waals surface area (Å²) in [5.74, 6) is 0.870. The van der Waals surface area contributed by atoms with E-state index >= 15 is 0 Å². The molecule has 1 fully saturated rings. The average Bonchev–Trinajstić information content (AvgIpc) is 3.38. The van der Waals surface area contributed by atoms with Crippen molar-refractivity contribution in [3.05, 3.63) is 58.6 Å². The number of piperazine rings is 1. The lowest BCUT2D eigenvalue weighted by molar-refractivity contribution is 0.0622. The number of aromatic amines is 1. The van der Waals surface area contributed by atoms with E-state index in [0.29, 0.717) is 5.69 Å². The van der Waals surface area contributed by atoms with Crippen molar-refractivity contribution < 1.29 is 9.53 Å². The van der Waals surface area contributed by atoms with Crippen LogP contribution >= 0.6 is 11.3 Å². The van der Waals surface area contributed by atoms with Gasteiger partial charge < -0.3 is 9.64 Å². The Morgan fingerprint density at radius 3 is 2.54 bits per heavy atom. The lowest BCUT2D eigenvalue weighted by Gasteiger charge is -2.34. The third-order valence-electron chi connectivity index (χ3n) is 5.03. The number of hydrogen-bond acceptors (Lipinski definition) is 5. The molecule has 0 spiro atoms. The number of aromatic nitrogens is 2. The normalized spacial score (nSPS) is 15.0. The summed E-state index contributed by atoms with van der Waals surface area (Å²) in [7, 11) is 1.68. The lowest BCUT2D eigenvalue weighted by Crippen LogP contribution is -2.48. The molecule has 3 heterocycles. The first kappa shape index (κ1) is 18.7. The van der Waals surface area contributed by atoms with Crippen molar-refractivity contribution >= 4 is 17.2 Å². The van der Waals surface area contributed by atoms with Crippen molar-refractivity contribution in [3.8, 4) is 16.3 Å². The fourth-order valence-corrected chi connectivity index (χ4v) is 4.23. The summed E-state index contributed by atoms with van der Waals surface area (Å²) >= 11 is 1.69. The molecule has 3 aromatic rings. The van der Waals surface area contributed by atoms with Gasteiger partial charge in [0.1, 0.15) is 5.75 Å². The summed E-state index contributed by atoms with van der Waals surface area (Å²) in [5.41, 5.74) is 2.65. The second kappa shape index (κ2) is 8.16. The fraction of sp³-hybridized carbons (Fsp3) is 0.333. The smallest absolute Gasteiger partial charge is 0.274 e. The lowest BCUT2D eigenvalue weighted by atomic mass is 10.2. The van der Waals surface area contributed by atoms with E-state index in [9.17, 15) is 4.79 Å². The summed E-state index contributed by atoms with van der Waals surface area (Å²) in [6.07, 6.45) is 0. The molecule has 4 rings (SSSR count). The number of benzene rings is 1. The van der Waals surface area contributed by atoms with Crippen LogP contribution in [0.15, 0.2) is 42.5 Å². The Bertz CT molecular complexity index is 939. The predicted octanol–water partition coefficient (Wildman–Crippen LogP) is 3.41. The molecular formula is C21H24N4O2S. The van der Waals surface area contributed by atoms with Gasteiger partial charge in [-0.1, -0.05) is 12.1 Å². The molecule has 28 heavy (non-hydrogen) atoms. The second-order valence-corrected chi connectivity index (χ2v) is 8.28. The van der Waals surface area contributed by atoms with Crippen LogP contribution < -0.4 is 4.74 Å². The van der Waals surface area contributed by atoms with Gasteiger partial charge in [0.2, 0.25) is 0 Å². The highest BCUT2D eigenvalue weighted by Gasteiger charge is 2.24. The number of nitrogens with zero attached hydrogens (tertiary/aromatic N) is 3. The van der Waals surface area contributed by atoms with E-state index in [-0.39, 0.29) is 5.91 Å². The van der Waals surface area contributed by atoms with Gasteiger partial charge in [-0.05, 0) is 42.8 Å². The van der Waals surface area contributed by atoms with Crippen LogP contribution in [0.3, 0.4) is 0 Å². The third kappa shape index (κ3) is 4.10. The van der Waals surface area contributed by atoms with Crippen LogP contribution in [-0.2, 0) is 6.54 Å². The zero-order valence-electron chi connectivity index (χ0n) is 16.1. The molecule has 1 aliphatic heterocycles. The van der Waals surface area contributed by atoms with Crippen LogP contribution in [0.2, 0.25) is 0 Å². The minimum atomic E-state index is -0.000115. The SMILES string of the molecule is COc1ccc(CN2CCN(C(=O)c3cc(-c4ccc(C)s4)[nH]n3)CC2)cc1. The fourth-order valence-electron chi connectivity index (χ4n) is 3.40. The van der Waals surface area contributed by atoms with Crippen molar-refractivity contribution in [1.82, 2.24) is 20.0 Å². The van der Waals surface area contributed by atoms with Gasteiger partial charge in [0.05, 0.1) is 17.7 Å². The molecule has 7 heteroatoms. The highest BCUT2D eigenvalue weighted by atomic mass is 32.1. The largest absolute Gasteiger partial charge is 0.497 e. The van der Waals surface area contributed by atoms with Crippen LogP contribution in [0.1, 0.15) is 20.9 Å². The van der Waals surface area contributed by atoms with E-state index in [1.807, 2.05) is 23.1 Å². The predicted molar refractivity (Wildman–Crippen MR) is 111 cm³/mol. The molecule has 0 atom stereocenters. The minimum absolute atomic E-state index is 0.000115. The summed E-state index contributed by atoms with van der Waals surface area (Å²) in [4.78, 5) is 19.4. The number of rotatable bonds is 5. The zero-order chi connectivity index (χ0) is 19.5. The Morgan fingerprint density at radius 1 is 1.14 bits per heavy atom. The Kier molecular flexibility index (Phi) is 5.45. The minimum Gasteiger partial charge on any atom is -0.497 e. The number of H-pyrrole nitrogens is 1. The van der Waals surface area contributed by atoms with Crippen LogP contribution in [0, 0.1) is 6.92 Å². The molecule has 1 N–H and O–H groups in total. The van der Waals surface area contributed by atoms with Crippen molar-refractivity contribution in [3.63, 3.8) is 0 Å². The number of carbonyl (C=O) groups is 1. The van der Waals surface area contributed by atoms with E-state index < -0.39 is 0 Å². The maximum Gasteiger partial charge on any atom is 0.274 e. The van der Waals surface area contributed by atoms with Gasteiger partial charge in [-0.3, -0.25) is 14.8 Å². The van der Waals surface area contributed by atoms with Gasteiger partial charge in [0.25, 0.3) is 5.91 Å². The van der Waals surface area contributed by atoms with Crippen molar-refractivity contribution in [2.45, 2.75) is 13.5 Å². The average molecular weight is 397 g/mol. The van der Waals surface area contributed by atoms with E-state index in [4.69, 9.17) is 4.74 Å². The molecule has 6 nitrogen and oxygen atoms in total. The van der Waals surface area contributed by atoms with E-state index in [1.54, 1.807) is 18.4 Å². The molecule has 1 aliphatic rings. The maximum atomic E-state index is 12.8. The standard InChI is InChI=1S/C21H24N4O2S/c1-15-3-8-20(28-15)18-13-19(23-22-18)21(26)25-11-9-24(10-12-25)14-16-4-6-17(27-2)7-5-16/h3-8,13H,9-12,14H2,1-2H3,(H,22,23). The highest BCUT2D eigenvalue weighted by molar-refractivity contribution is 7.15. The number of carbonyl (C=O) groups excluding carboxylic acids is 1. The molecule has 0 aliphatic carbocycles. The molecule has 1 saturated heterocycles. The molecule has 0 unspecified atom stereocenters. The molecule has 1 amide bonds. The van der Waals surface area contributed by atoms with E-state index in [1.165, 1.54) is 10.4 Å². The number of thiophene rings is 1. The monoisotopic (exact) mass is 396 g/mol. The van der Waals surface area contributed by atoms with Crippen LogP contribution in [-0.4, -0.2) is 59.2 Å². The third-order valence-corrected chi connectivity index (χ3v) is 6.06. The summed E-state index contributed by atoms with van der Waals surface area (Å²) in [6, 6.07) is 14.1. The second-order valence-electron chi connectivity index (χ2n) is 6.99. The van der Waals surface area contributed by atoms with Gasteiger partial charge in [0, 0.05) is 37.6 Å². The molecule has 0 radical (unpaired) electrons. The number of nitrogens with one attached hydrogen (secondary N) is 1. The summed E-state index contributed by atoms with van der Waals surface area (Å²) in [6.45, 7) is 6.11. The summed E-state index contributed by atoms with van der Waals surface area (Å²) < 4.78 is 5.21. The number of aryl methyl sites for hydroxylation is 1. The van der Waals surface area contributed by atoms with Crippen LogP contribution in [0.25, 0.3) is 10.6 Å². The van der Waals surface area contributed by atoms with Crippen molar-refractivity contribution in [2.75, 3.05) is 33.3 Å². The highest BCUT2D eigenvalue weighted by Crippen LogP contribution is 2.26. The van der Waals surface area contributed by atoms with Crippen LogP contribution in [0.4, 0.5) is 0 Å². The first-order valence-corrected chi connectivity index (χ1v) is 10.2. The molecule has 0 saturated carbocycles. The number of hydrogen-bond donors (Lipinski definition) is 1. The van der Waals surface area contributed by atoms with Crippen molar-refractivity contribution in [2.24, 2.45) is 0 Å². The number of ether oxygens (including phenoxy) is 1. The van der Waals surface area contributed by atoms with Gasteiger partial charge in [-0.2, -0.15) is 5.10 Å². The van der Waals surface area contributed by atoms with Gasteiger partial charge >= 0.3 is 0 Å². The number of amides is 1. The maximum absolute atomic E-state index is 12.8. The van der Waals surface area contributed by atoms with E-state index in [0.717, 1.165) is 49.0 Å². The Hall–Kier alpha value is -2.64. The molecular weight excluding hydrogens is 372 g/mol. The van der Waals surface area contributed by atoms with Crippen molar-refractivity contribution in [1.29, 1.82) is 0 Å².